The first-order valence-electron chi connectivity index (χ1n) is 12.0. The molecule has 5 nitrogen and oxygen atoms in total. The Morgan fingerprint density at radius 3 is 2.49 bits per heavy atom. The van der Waals surface area contributed by atoms with E-state index >= 15 is 0 Å². The molecule has 1 heterocycles. The van der Waals surface area contributed by atoms with Gasteiger partial charge in [-0.1, -0.05) is 92.5 Å². The zero-order chi connectivity index (χ0) is 25.9. The van der Waals surface area contributed by atoms with Crippen molar-refractivity contribution in [2.45, 2.75) is 44.6 Å². The summed E-state index contributed by atoms with van der Waals surface area (Å²) in [5.74, 6) is 1.30. The molecule has 1 aliphatic rings. The van der Waals surface area contributed by atoms with E-state index in [1.54, 1.807) is 24.4 Å². The largest absolute Gasteiger partial charge is 0.486 e. The Morgan fingerprint density at radius 1 is 1.03 bits per heavy atom. The van der Waals surface area contributed by atoms with Crippen LogP contribution in [0.25, 0.3) is 10.9 Å². The van der Waals surface area contributed by atoms with E-state index in [0.29, 0.717) is 44.7 Å². The summed E-state index contributed by atoms with van der Waals surface area (Å²) in [4.78, 5) is 18.3. The summed E-state index contributed by atoms with van der Waals surface area (Å²) in [5.41, 5.74) is 2.13. The fraction of sp³-hybridized carbons (Fsp3) is 0.250. The maximum absolute atomic E-state index is 13.4. The molecule has 0 spiro atoms. The lowest BCUT2D eigenvalue weighted by Gasteiger charge is -2.22. The Balaban J connectivity index is 1.45. The van der Waals surface area contributed by atoms with Crippen molar-refractivity contribution in [3.05, 3.63) is 101 Å². The molecule has 0 amide bonds. The molecule has 37 heavy (non-hydrogen) atoms. The van der Waals surface area contributed by atoms with Crippen LogP contribution in [0.3, 0.4) is 0 Å². The van der Waals surface area contributed by atoms with Gasteiger partial charge in [-0.2, -0.15) is 9.78 Å². The van der Waals surface area contributed by atoms with E-state index in [1.165, 1.54) is 11.1 Å². The van der Waals surface area contributed by atoms with Gasteiger partial charge in [-0.25, -0.2) is 4.98 Å². The van der Waals surface area contributed by atoms with Crippen LogP contribution in [0.15, 0.2) is 73.4 Å². The number of fused-ring (bicyclic) bond motifs is 1. The van der Waals surface area contributed by atoms with Crippen molar-refractivity contribution in [1.29, 1.82) is 0 Å². The third-order valence-electron chi connectivity index (χ3n) is 6.48. The molecule has 1 saturated carbocycles. The van der Waals surface area contributed by atoms with Gasteiger partial charge in [-0.15, -0.1) is 0 Å². The van der Waals surface area contributed by atoms with Crippen molar-refractivity contribution >= 4 is 72.2 Å². The molecule has 190 valence electrons. The van der Waals surface area contributed by atoms with Crippen molar-refractivity contribution in [3.8, 4) is 5.75 Å². The summed E-state index contributed by atoms with van der Waals surface area (Å²) in [5, 5.41) is 5.83. The van der Waals surface area contributed by atoms with Crippen LogP contribution in [0.1, 0.15) is 55.0 Å². The summed E-state index contributed by atoms with van der Waals surface area (Å²) in [6.45, 7) is 0.295. The lowest BCUT2D eigenvalue weighted by atomic mass is 9.88. The first kappa shape index (κ1) is 26.4. The first-order valence-corrected chi connectivity index (χ1v) is 14.4. The van der Waals surface area contributed by atoms with Gasteiger partial charge in [0.25, 0.3) is 5.56 Å². The Bertz CT molecular complexity index is 1530. The standard InChI is InChI=1S/C28H23Br2Cl2N3O2/c29-20-11-10-19(22(30)14-20)16-37-26-23(31)12-17(13-24(26)32)15-33-35-27(18-6-2-1-3-7-18)34-25-9-5-4-8-21(25)28(35)36/h4-5,8-15,18H,1-3,6-7,16H2. The highest BCUT2D eigenvalue weighted by atomic mass is 79.9. The van der Waals surface area contributed by atoms with Gasteiger partial charge in [0, 0.05) is 20.4 Å². The van der Waals surface area contributed by atoms with Crippen molar-refractivity contribution in [1.82, 2.24) is 9.66 Å². The summed E-state index contributed by atoms with van der Waals surface area (Å²) >= 11 is 20.1. The number of ether oxygens (including phenoxy) is 1. The number of hydrogen-bond donors (Lipinski definition) is 0. The molecule has 0 radical (unpaired) electrons. The topological polar surface area (TPSA) is 56.5 Å². The number of hydrogen-bond acceptors (Lipinski definition) is 4. The lowest BCUT2D eigenvalue weighted by Crippen LogP contribution is -2.25. The van der Waals surface area contributed by atoms with Crippen molar-refractivity contribution in [2.24, 2.45) is 5.10 Å². The lowest BCUT2D eigenvalue weighted by molar-refractivity contribution is 0.306. The third kappa shape index (κ3) is 5.95. The molecular formula is C28H23Br2Cl2N3O2. The predicted molar refractivity (Wildman–Crippen MR) is 157 cm³/mol. The molecule has 4 aromatic rings. The molecule has 0 aliphatic heterocycles. The van der Waals surface area contributed by atoms with Gasteiger partial charge in [0.1, 0.15) is 12.4 Å². The minimum Gasteiger partial charge on any atom is -0.486 e. The quantitative estimate of drug-likeness (QED) is 0.194. The fourth-order valence-electron chi connectivity index (χ4n) is 4.58. The highest BCUT2D eigenvalue weighted by Gasteiger charge is 2.22. The molecule has 1 aliphatic carbocycles. The Kier molecular flexibility index (Phi) is 8.34. The molecule has 0 bridgehead atoms. The van der Waals surface area contributed by atoms with Gasteiger partial charge in [0.2, 0.25) is 0 Å². The van der Waals surface area contributed by atoms with Crippen LogP contribution in [-0.2, 0) is 6.61 Å². The molecular weight excluding hydrogens is 641 g/mol. The molecule has 5 rings (SSSR count). The average Bonchev–Trinajstić information content (AvgIpc) is 2.89. The number of nitrogens with zero attached hydrogens (tertiary/aromatic N) is 3. The highest BCUT2D eigenvalue weighted by molar-refractivity contribution is 9.11. The summed E-state index contributed by atoms with van der Waals surface area (Å²) in [6.07, 6.45) is 7.05. The molecule has 0 atom stereocenters. The molecule has 1 fully saturated rings. The summed E-state index contributed by atoms with van der Waals surface area (Å²) in [6, 6.07) is 16.7. The molecule has 3 aromatic carbocycles. The van der Waals surface area contributed by atoms with Crippen LogP contribution < -0.4 is 10.3 Å². The van der Waals surface area contributed by atoms with E-state index in [9.17, 15) is 4.79 Å². The maximum atomic E-state index is 13.4. The van der Waals surface area contributed by atoms with E-state index in [0.717, 1.165) is 40.2 Å². The molecule has 0 N–H and O–H groups in total. The minimum atomic E-state index is -0.181. The Hall–Kier alpha value is -2.19. The van der Waals surface area contributed by atoms with Crippen LogP contribution in [0, 0.1) is 0 Å². The second-order valence-corrected chi connectivity index (χ2v) is 11.6. The predicted octanol–water partition coefficient (Wildman–Crippen LogP) is 8.74. The molecule has 0 saturated heterocycles. The second kappa shape index (κ2) is 11.7. The van der Waals surface area contributed by atoms with Crippen molar-refractivity contribution in [3.63, 3.8) is 0 Å². The van der Waals surface area contributed by atoms with Crippen LogP contribution >= 0.6 is 55.1 Å². The van der Waals surface area contributed by atoms with E-state index in [4.69, 9.17) is 32.9 Å². The SMILES string of the molecule is O=c1c2ccccc2nc(C2CCCCC2)n1N=Cc1cc(Cl)c(OCc2ccc(Br)cc2Br)c(Cl)c1. The van der Waals surface area contributed by atoms with E-state index in [1.807, 2.05) is 36.4 Å². The smallest absolute Gasteiger partial charge is 0.282 e. The molecule has 1 aromatic heterocycles. The molecule has 0 unspecified atom stereocenters. The van der Waals surface area contributed by atoms with Crippen LogP contribution in [0.5, 0.6) is 5.75 Å². The van der Waals surface area contributed by atoms with Crippen LogP contribution in [0.2, 0.25) is 10.0 Å². The van der Waals surface area contributed by atoms with Crippen molar-refractivity contribution in [2.75, 3.05) is 0 Å². The number of aromatic nitrogens is 2. The first-order chi connectivity index (χ1) is 17.9. The number of benzene rings is 3. The van der Waals surface area contributed by atoms with Gasteiger partial charge in [-0.05, 0) is 54.8 Å². The zero-order valence-corrected chi connectivity index (χ0v) is 24.4. The Morgan fingerprint density at radius 2 is 1.76 bits per heavy atom. The van der Waals surface area contributed by atoms with Gasteiger partial charge >= 0.3 is 0 Å². The third-order valence-corrected chi connectivity index (χ3v) is 8.27. The maximum Gasteiger partial charge on any atom is 0.282 e. The zero-order valence-electron chi connectivity index (χ0n) is 19.8. The van der Waals surface area contributed by atoms with Crippen LogP contribution in [0.4, 0.5) is 0 Å². The summed E-state index contributed by atoms with van der Waals surface area (Å²) < 4.78 is 9.26. The highest BCUT2D eigenvalue weighted by Crippen LogP contribution is 2.35. The average molecular weight is 664 g/mol. The minimum absolute atomic E-state index is 0.181. The molecule has 9 heteroatoms. The number of para-hydroxylation sites is 1. The Labute approximate surface area is 241 Å². The van der Waals surface area contributed by atoms with Gasteiger partial charge in [0.15, 0.2) is 5.75 Å². The van der Waals surface area contributed by atoms with Gasteiger partial charge < -0.3 is 4.74 Å². The normalized spacial score (nSPS) is 14.5. The van der Waals surface area contributed by atoms with E-state index < -0.39 is 0 Å². The number of halogens is 4. The number of rotatable bonds is 6. The van der Waals surface area contributed by atoms with Gasteiger partial charge in [0.05, 0.1) is 27.2 Å². The van der Waals surface area contributed by atoms with E-state index in [-0.39, 0.29) is 11.5 Å². The van der Waals surface area contributed by atoms with Gasteiger partial charge in [-0.3, -0.25) is 4.79 Å². The van der Waals surface area contributed by atoms with Crippen molar-refractivity contribution < 1.29 is 4.74 Å². The monoisotopic (exact) mass is 661 g/mol. The summed E-state index contributed by atoms with van der Waals surface area (Å²) in [7, 11) is 0. The van der Waals surface area contributed by atoms with Crippen LogP contribution in [-0.4, -0.2) is 15.9 Å². The fourth-order valence-corrected chi connectivity index (χ4v) is 6.36. The van der Waals surface area contributed by atoms with E-state index in [2.05, 4.69) is 37.0 Å². The second-order valence-electron chi connectivity index (χ2n) is 9.02.